The number of methoxy groups -OCH3 is 2. The summed E-state index contributed by atoms with van der Waals surface area (Å²) < 4.78 is 23.7. The predicted molar refractivity (Wildman–Crippen MR) is 266 cm³/mol. The van der Waals surface area contributed by atoms with Crippen LogP contribution in [0.3, 0.4) is 0 Å². The zero-order valence-corrected chi connectivity index (χ0v) is 43.5. The smallest absolute Gasteiger partial charge is 0.329 e. The third-order valence-electron chi connectivity index (χ3n) is 15.1. The van der Waals surface area contributed by atoms with Crippen molar-refractivity contribution in [1.82, 2.24) is 14.7 Å². The van der Waals surface area contributed by atoms with Crippen LogP contribution in [0.4, 0.5) is 0 Å². The maximum absolute atomic E-state index is 14.4. The molecule has 0 aromatic heterocycles. The first-order valence-corrected chi connectivity index (χ1v) is 25.4. The zero-order valence-electron chi connectivity index (χ0n) is 43.5. The highest BCUT2D eigenvalue weighted by molar-refractivity contribution is 6.39. The number of carbonyl (C=O) groups is 5. The monoisotopic (exact) mass is 984 g/mol. The molecule has 0 aromatic rings. The first-order chi connectivity index (χ1) is 33.1. The number of ether oxygens (including phenoxy) is 4. The summed E-state index contributed by atoms with van der Waals surface area (Å²) in [5.41, 5.74) is 7.48. The van der Waals surface area contributed by atoms with Crippen molar-refractivity contribution in [2.75, 3.05) is 41.5 Å². The molecule has 1 aliphatic carbocycles. The molecule has 14 atom stereocenters. The topological polar surface area (TPSA) is 243 Å². The van der Waals surface area contributed by atoms with Gasteiger partial charge in [-0.3, -0.25) is 24.6 Å². The fourth-order valence-electron chi connectivity index (χ4n) is 10.6. The number of nitrogens with zero attached hydrogens (tertiary/aromatic N) is 3. The molecule has 0 aromatic carbocycles. The average molecular weight is 984 g/mol. The fourth-order valence-corrected chi connectivity index (χ4v) is 10.6. The van der Waals surface area contributed by atoms with Crippen molar-refractivity contribution in [1.29, 1.82) is 5.41 Å². The maximum Gasteiger partial charge on any atom is 0.329 e. The van der Waals surface area contributed by atoms with Gasteiger partial charge in [0.15, 0.2) is 11.7 Å². The molecule has 6 N–H and O–H groups in total. The molecule has 394 valence electrons. The van der Waals surface area contributed by atoms with Gasteiger partial charge in [0, 0.05) is 59.5 Å². The number of allylic oxidation sites excluding steroid dienone is 6. The molecule has 17 heteroatoms. The lowest BCUT2D eigenvalue weighted by Gasteiger charge is -2.44. The summed E-state index contributed by atoms with van der Waals surface area (Å²) >= 11 is 0. The van der Waals surface area contributed by atoms with Crippen LogP contribution in [0, 0.1) is 35.0 Å². The van der Waals surface area contributed by atoms with Crippen LogP contribution in [-0.2, 0) is 42.9 Å². The number of amides is 1. The molecule has 0 radical (unpaired) electrons. The minimum atomic E-state index is -2.51. The summed E-state index contributed by atoms with van der Waals surface area (Å²) in [6, 6.07) is -1.69. The van der Waals surface area contributed by atoms with Crippen molar-refractivity contribution in [2.45, 2.75) is 180 Å². The van der Waals surface area contributed by atoms with Gasteiger partial charge in [-0.05, 0) is 108 Å². The van der Waals surface area contributed by atoms with E-state index in [9.17, 15) is 39.3 Å². The number of guanidine groups is 1. The Bertz CT molecular complexity index is 1940. The number of Topliss-reactive ketones (excluding diaryl/α,β-unsaturated/α-hetero) is 3. The van der Waals surface area contributed by atoms with Gasteiger partial charge in [-0.15, -0.1) is 0 Å². The molecule has 3 fully saturated rings. The van der Waals surface area contributed by atoms with Crippen molar-refractivity contribution < 1.29 is 58.2 Å². The highest BCUT2D eigenvalue weighted by Crippen LogP contribution is 2.38. The van der Waals surface area contributed by atoms with Gasteiger partial charge in [0.2, 0.25) is 5.79 Å². The first kappa shape index (κ1) is 58.5. The predicted octanol–water partition coefficient (Wildman–Crippen LogP) is 5.00. The summed E-state index contributed by atoms with van der Waals surface area (Å²) in [5.74, 6) is -7.45. The Balaban J connectivity index is 1.74. The Morgan fingerprint density at radius 2 is 1.66 bits per heavy atom. The van der Waals surface area contributed by atoms with Gasteiger partial charge in [0.05, 0.1) is 31.0 Å². The normalized spacial score (nSPS) is 37.2. The SMILES string of the molecule is CO[C@@H]1C[C@@H](CC(C)[C@@H]2CC(=O)C/C=C(\C)[C@@H](O)[C@@H](OC)C(=O)[C@H](C)C[C@H](C)/C=C/C=C/C=C(/C)[C@H](N(CN)C(=N)N(C)C)C[C@@H]3CC[C@@H](C)[C@@](O)(O3)C(=O)C(=O)N3CCCC[C@H]3C(=O)O2)CC[C@H]1O. The van der Waals surface area contributed by atoms with Gasteiger partial charge in [-0.2, -0.15) is 0 Å². The van der Waals surface area contributed by atoms with Crippen LogP contribution in [-0.4, -0.2) is 161 Å². The first-order valence-electron chi connectivity index (χ1n) is 25.4. The van der Waals surface area contributed by atoms with Crippen LogP contribution in [0.5, 0.6) is 0 Å². The van der Waals surface area contributed by atoms with Crippen molar-refractivity contribution in [2.24, 2.45) is 35.3 Å². The standard InChI is InChI=1S/C53H85N5O12/c1-32-16-12-11-13-17-33(2)42(58(31-54)52(55)56(7)8)30-40-23-20-37(6)53(66,70-40)49(63)50(64)57-25-15-14-18-41(57)51(65)69-44(35(4)27-38-21-24-43(60)45(28-38)67-9)29-39(59)22-19-34(3)46(61)48(68-10)47(62)36(5)26-32/h11-13,16-17,19,32,35-38,40-46,48,55,60-61,66H,14-15,18,20-31,54H2,1-10H3/b13-11+,16-12+,33-17-,34-19+,55-52?/t32-,35?,36-,37-,38-,40+,41+,42-,43-,44+,45-,46-,48-,53-/m1/s1. The number of hydrogen-bond donors (Lipinski definition) is 5. The number of hydrogen-bond acceptors (Lipinski definition) is 14. The Hall–Kier alpha value is -4.10. The second-order valence-corrected chi connectivity index (χ2v) is 20.8. The van der Waals surface area contributed by atoms with Crippen LogP contribution in [0.1, 0.15) is 125 Å². The molecule has 3 heterocycles. The molecule has 70 heavy (non-hydrogen) atoms. The summed E-state index contributed by atoms with van der Waals surface area (Å²) in [6.45, 7) is 10.9. The second kappa shape index (κ2) is 27.1. The van der Waals surface area contributed by atoms with Crippen LogP contribution in [0.25, 0.3) is 0 Å². The third kappa shape index (κ3) is 15.2. The Morgan fingerprint density at radius 3 is 2.31 bits per heavy atom. The van der Waals surface area contributed by atoms with E-state index in [0.717, 1.165) is 5.57 Å². The number of aliphatic hydroxyl groups excluding tert-OH is 2. The molecule has 4 aliphatic rings. The summed E-state index contributed by atoms with van der Waals surface area (Å²) in [4.78, 5) is 75.4. The number of rotatable bonds is 7. The highest BCUT2D eigenvalue weighted by atomic mass is 16.6. The molecule has 4 rings (SSSR count). The maximum atomic E-state index is 14.4. The molecule has 1 amide bonds. The second-order valence-electron chi connectivity index (χ2n) is 20.8. The number of piperidine rings is 1. The number of esters is 1. The van der Waals surface area contributed by atoms with Crippen LogP contribution >= 0.6 is 0 Å². The van der Waals surface area contributed by atoms with Crippen LogP contribution in [0.2, 0.25) is 0 Å². The van der Waals surface area contributed by atoms with E-state index in [2.05, 4.69) is 0 Å². The van der Waals surface area contributed by atoms with Crippen molar-refractivity contribution >= 4 is 35.2 Å². The summed E-state index contributed by atoms with van der Waals surface area (Å²) in [5, 5.41) is 42.9. The number of ketones is 3. The Morgan fingerprint density at radius 1 is 0.943 bits per heavy atom. The van der Waals surface area contributed by atoms with Gasteiger partial charge < -0.3 is 54.7 Å². The zero-order chi connectivity index (χ0) is 52.0. The van der Waals surface area contributed by atoms with E-state index in [-0.39, 0.29) is 80.3 Å². The lowest BCUT2D eigenvalue weighted by molar-refractivity contribution is -0.264. The van der Waals surface area contributed by atoms with E-state index in [4.69, 9.17) is 30.1 Å². The van der Waals surface area contributed by atoms with Gasteiger partial charge >= 0.3 is 5.97 Å². The van der Waals surface area contributed by atoms with Gasteiger partial charge in [-0.1, -0.05) is 69.7 Å². The third-order valence-corrected chi connectivity index (χ3v) is 15.1. The van der Waals surface area contributed by atoms with E-state index >= 15 is 0 Å². The molecule has 1 unspecified atom stereocenters. The average Bonchev–Trinajstić information content (AvgIpc) is 3.33. The van der Waals surface area contributed by atoms with Crippen molar-refractivity contribution in [3.05, 3.63) is 47.6 Å². The van der Waals surface area contributed by atoms with E-state index in [1.165, 1.54) is 12.0 Å². The Labute approximate surface area is 416 Å². The largest absolute Gasteiger partial charge is 0.460 e. The number of cyclic esters (lactones) is 1. The highest BCUT2D eigenvalue weighted by Gasteiger charge is 2.53. The van der Waals surface area contributed by atoms with Crippen LogP contribution < -0.4 is 5.73 Å². The number of nitrogens with two attached hydrogens (primary N) is 1. The van der Waals surface area contributed by atoms with E-state index in [0.29, 0.717) is 63.4 Å². The quantitative estimate of drug-likeness (QED) is 0.0563. The van der Waals surface area contributed by atoms with Crippen molar-refractivity contribution in [3.63, 3.8) is 0 Å². The van der Waals surface area contributed by atoms with Gasteiger partial charge in [0.25, 0.3) is 11.7 Å². The Kier molecular flexibility index (Phi) is 22.6. The molecule has 1 saturated carbocycles. The number of aliphatic hydroxyl groups is 3. The lowest BCUT2D eigenvalue weighted by atomic mass is 9.78. The number of nitrogens with one attached hydrogen (secondary N) is 1. The molecular formula is C53H85N5O12. The molecule has 2 bridgehead atoms. The fraction of sp³-hybridized carbons (Fsp3) is 0.736. The summed E-state index contributed by atoms with van der Waals surface area (Å²) in [6.07, 6.45) is 10.8. The summed E-state index contributed by atoms with van der Waals surface area (Å²) in [7, 11) is 6.40. The molecular weight excluding hydrogens is 899 g/mol. The number of fused-ring (bicyclic) bond motifs is 3. The van der Waals surface area contributed by atoms with Crippen molar-refractivity contribution in [3.8, 4) is 0 Å². The van der Waals surface area contributed by atoms with E-state index in [1.807, 2.05) is 51.2 Å². The van der Waals surface area contributed by atoms with Crippen LogP contribution in [0.15, 0.2) is 47.6 Å². The van der Waals surface area contributed by atoms with Gasteiger partial charge in [-0.25, -0.2) is 4.79 Å². The minimum Gasteiger partial charge on any atom is -0.460 e. The molecule has 17 nitrogen and oxygen atoms in total. The molecule has 2 saturated heterocycles. The van der Waals surface area contributed by atoms with E-state index in [1.54, 1.807) is 57.9 Å². The lowest BCUT2D eigenvalue weighted by Crippen LogP contribution is -2.61. The van der Waals surface area contributed by atoms with E-state index < -0.39 is 77.9 Å². The molecule has 0 spiro atoms. The van der Waals surface area contributed by atoms with Gasteiger partial charge in [0.1, 0.15) is 30.1 Å². The molecule has 3 aliphatic heterocycles. The minimum absolute atomic E-state index is 0.0221. The number of carbonyl (C=O) groups excluding carboxylic acids is 5.